The number of carbonyl (C=O) groups is 2. The van der Waals surface area contributed by atoms with E-state index in [4.69, 9.17) is 9.84 Å². The van der Waals surface area contributed by atoms with Crippen LogP contribution in [0.3, 0.4) is 0 Å². The van der Waals surface area contributed by atoms with Crippen LogP contribution in [0.2, 0.25) is 0 Å². The van der Waals surface area contributed by atoms with Gasteiger partial charge in [0.25, 0.3) is 0 Å². The summed E-state index contributed by atoms with van der Waals surface area (Å²) in [6.45, 7) is 4.33. The molecule has 1 N–H and O–H groups in total. The van der Waals surface area contributed by atoms with E-state index in [1.54, 1.807) is 0 Å². The summed E-state index contributed by atoms with van der Waals surface area (Å²) in [6, 6.07) is 0. The van der Waals surface area contributed by atoms with Gasteiger partial charge in [-0.2, -0.15) is 0 Å². The zero-order chi connectivity index (χ0) is 22.3. The average Bonchev–Trinajstić information content (AvgIpc) is 2.70. The Morgan fingerprint density at radius 2 is 1.33 bits per heavy atom. The second-order valence-electron chi connectivity index (χ2n) is 8.19. The summed E-state index contributed by atoms with van der Waals surface area (Å²) in [5.41, 5.74) is 0. The van der Waals surface area contributed by atoms with Crippen LogP contribution >= 0.6 is 0 Å². The number of carboxylic acids is 1. The van der Waals surface area contributed by atoms with Crippen molar-refractivity contribution < 1.29 is 19.4 Å². The van der Waals surface area contributed by atoms with Crippen molar-refractivity contribution >= 4 is 11.9 Å². The van der Waals surface area contributed by atoms with Crippen LogP contribution in [0.4, 0.5) is 0 Å². The van der Waals surface area contributed by atoms with Crippen molar-refractivity contribution in [3.05, 3.63) is 24.3 Å². The first-order valence-corrected chi connectivity index (χ1v) is 12.3. The third-order valence-corrected chi connectivity index (χ3v) is 5.16. The summed E-state index contributed by atoms with van der Waals surface area (Å²) in [5.74, 6) is -1.15. The summed E-state index contributed by atoms with van der Waals surface area (Å²) in [6.07, 6.45) is 25.2. The fourth-order valence-corrected chi connectivity index (χ4v) is 3.35. The molecule has 0 heterocycles. The molecule has 0 saturated heterocycles. The highest BCUT2D eigenvalue weighted by Gasteiger charge is 2.17. The zero-order valence-corrected chi connectivity index (χ0v) is 19.6. The van der Waals surface area contributed by atoms with E-state index in [1.165, 1.54) is 38.5 Å². The standard InChI is InChI=1S/C26H46O4/c1-3-5-7-8-9-10-11-12-13-14-15-16-17-18-20-22-26(29)30-24(23-25(27)28)21-19-6-4-2/h9-10,12-13,24H,3-8,11,14-23H2,1-2H3,(H,27,28)/b10-9-,13-12-. The third kappa shape index (κ3) is 21.1. The largest absolute Gasteiger partial charge is 0.481 e. The monoisotopic (exact) mass is 422 g/mol. The average molecular weight is 423 g/mol. The molecule has 0 radical (unpaired) electrons. The highest BCUT2D eigenvalue weighted by atomic mass is 16.5. The Morgan fingerprint density at radius 3 is 1.97 bits per heavy atom. The lowest BCUT2D eigenvalue weighted by Crippen LogP contribution is -2.21. The van der Waals surface area contributed by atoms with E-state index in [0.29, 0.717) is 12.8 Å². The number of unbranched alkanes of at least 4 members (excludes halogenated alkanes) is 10. The van der Waals surface area contributed by atoms with E-state index < -0.39 is 12.1 Å². The predicted octanol–water partition coefficient (Wildman–Crippen LogP) is 7.77. The van der Waals surface area contributed by atoms with E-state index in [1.807, 2.05) is 0 Å². The van der Waals surface area contributed by atoms with Gasteiger partial charge in [-0.15, -0.1) is 0 Å². The van der Waals surface area contributed by atoms with Crippen molar-refractivity contribution in [2.75, 3.05) is 0 Å². The topological polar surface area (TPSA) is 63.6 Å². The van der Waals surface area contributed by atoms with E-state index >= 15 is 0 Å². The molecule has 0 aliphatic carbocycles. The van der Waals surface area contributed by atoms with Gasteiger partial charge < -0.3 is 9.84 Å². The number of aliphatic carboxylic acids is 1. The molecule has 174 valence electrons. The SMILES string of the molecule is CCCCC/C=C\C/C=C\CCCCCCCC(=O)OC(CCCCC)CC(=O)O. The minimum absolute atomic E-state index is 0.0857. The van der Waals surface area contributed by atoms with Crippen LogP contribution in [0.1, 0.15) is 123 Å². The Morgan fingerprint density at radius 1 is 0.767 bits per heavy atom. The van der Waals surface area contributed by atoms with Crippen molar-refractivity contribution in [1.29, 1.82) is 0 Å². The molecule has 0 amide bonds. The van der Waals surface area contributed by atoms with Crippen molar-refractivity contribution in [2.45, 2.75) is 129 Å². The minimum atomic E-state index is -0.902. The Bertz CT molecular complexity index is 468. The van der Waals surface area contributed by atoms with Gasteiger partial charge in [0.15, 0.2) is 0 Å². The fourth-order valence-electron chi connectivity index (χ4n) is 3.35. The van der Waals surface area contributed by atoms with Crippen LogP contribution in [0.5, 0.6) is 0 Å². The van der Waals surface area contributed by atoms with Crippen molar-refractivity contribution in [2.24, 2.45) is 0 Å². The van der Waals surface area contributed by atoms with E-state index in [0.717, 1.165) is 51.4 Å². The quantitative estimate of drug-likeness (QED) is 0.117. The van der Waals surface area contributed by atoms with Crippen LogP contribution in [0, 0.1) is 0 Å². The van der Waals surface area contributed by atoms with E-state index in [2.05, 4.69) is 38.2 Å². The molecule has 0 spiro atoms. The number of carboxylic acid groups (broad SMARTS) is 1. The molecule has 0 bridgehead atoms. The van der Waals surface area contributed by atoms with Gasteiger partial charge in [-0.3, -0.25) is 9.59 Å². The lowest BCUT2D eigenvalue weighted by molar-refractivity contribution is -0.153. The number of ether oxygens (including phenoxy) is 1. The Hall–Kier alpha value is -1.58. The molecule has 30 heavy (non-hydrogen) atoms. The molecule has 0 aromatic rings. The number of hydrogen-bond donors (Lipinski definition) is 1. The molecule has 0 rings (SSSR count). The lowest BCUT2D eigenvalue weighted by atomic mass is 10.1. The number of carbonyl (C=O) groups excluding carboxylic acids is 1. The van der Waals surface area contributed by atoms with E-state index in [-0.39, 0.29) is 12.4 Å². The Kier molecular flexibility index (Phi) is 20.9. The highest BCUT2D eigenvalue weighted by Crippen LogP contribution is 2.14. The number of rotatable bonds is 21. The summed E-state index contributed by atoms with van der Waals surface area (Å²) >= 11 is 0. The first kappa shape index (κ1) is 28.4. The van der Waals surface area contributed by atoms with Gasteiger partial charge in [-0.25, -0.2) is 0 Å². The Labute approximate surface area is 185 Å². The molecule has 0 saturated carbocycles. The molecule has 1 unspecified atom stereocenters. The first-order valence-electron chi connectivity index (χ1n) is 12.3. The van der Waals surface area contributed by atoms with Crippen LogP contribution in [0.15, 0.2) is 24.3 Å². The van der Waals surface area contributed by atoms with Gasteiger partial charge in [-0.05, 0) is 51.4 Å². The smallest absolute Gasteiger partial charge is 0.307 e. The summed E-state index contributed by atoms with van der Waals surface area (Å²) in [4.78, 5) is 22.9. The number of allylic oxidation sites excluding steroid dienone is 4. The minimum Gasteiger partial charge on any atom is -0.481 e. The van der Waals surface area contributed by atoms with Crippen LogP contribution in [-0.2, 0) is 14.3 Å². The maximum absolute atomic E-state index is 12.0. The maximum Gasteiger partial charge on any atom is 0.307 e. The molecular weight excluding hydrogens is 376 g/mol. The van der Waals surface area contributed by atoms with Crippen LogP contribution in [0.25, 0.3) is 0 Å². The summed E-state index contributed by atoms with van der Waals surface area (Å²) < 4.78 is 5.39. The van der Waals surface area contributed by atoms with Gasteiger partial charge in [0.2, 0.25) is 0 Å². The number of esters is 1. The maximum atomic E-state index is 12.0. The van der Waals surface area contributed by atoms with Crippen LogP contribution < -0.4 is 0 Å². The summed E-state index contributed by atoms with van der Waals surface area (Å²) in [7, 11) is 0. The molecule has 4 heteroatoms. The third-order valence-electron chi connectivity index (χ3n) is 5.16. The van der Waals surface area contributed by atoms with Crippen LogP contribution in [-0.4, -0.2) is 23.1 Å². The van der Waals surface area contributed by atoms with Gasteiger partial charge in [0.1, 0.15) is 6.10 Å². The van der Waals surface area contributed by atoms with Crippen molar-refractivity contribution in [3.8, 4) is 0 Å². The van der Waals surface area contributed by atoms with E-state index in [9.17, 15) is 9.59 Å². The van der Waals surface area contributed by atoms with Gasteiger partial charge in [-0.1, -0.05) is 83.1 Å². The molecule has 0 fully saturated rings. The second-order valence-corrected chi connectivity index (χ2v) is 8.19. The van der Waals surface area contributed by atoms with Gasteiger partial charge >= 0.3 is 11.9 Å². The lowest BCUT2D eigenvalue weighted by Gasteiger charge is -2.16. The van der Waals surface area contributed by atoms with Crippen molar-refractivity contribution in [1.82, 2.24) is 0 Å². The first-order chi connectivity index (χ1) is 14.6. The summed E-state index contributed by atoms with van der Waals surface area (Å²) in [5, 5.41) is 8.97. The molecule has 4 nitrogen and oxygen atoms in total. The highest BCUT2D eigenvalue weighted by molar-refractivity contribution is 5.71. The van der Waals surface area contributed by atoms with Gasteiger partial charge in [0.05, 0.1) is 6.42 Å². The molecule has 0 aliphatic rings. The zero-order valence-electron chi connectivity index (χ0n) is 19.6. The molecule has 0 aliphatic heterocycles. The molecule has 0 aromatic carbocycles. The normalized spacial score (nSPS) is 12.6. The molecule has 1 atom stereocenters. The predicted molar refractivity (Wildman–Crippen MR) is 126 cm³/mol. The Balaban J connectivity index is 3.64. The second kappa shape index (κ2) is 22.1. The molecule has 0 aromatic heterocycles. The molecular formula is C26H46O4. The van der Waals surface area contributed by atoms with Gasteiger partial charge in [0, 0.05) is 6.42 Å². The van der Waals surface area contributed by atoms with Crippen molar-refractivity contribution in [3.63, 3.8) is 0 Å². The number of hydrogen-bond acceptors (Lipinski definition) is 3. The fraction of sp³-hybridized carbons (Fsp3) is 0.769.